The third kappa shape index (κ3) is 2.54. The molecule has 2 aromatic rings. The highest BCUT2D eigenvalue weighted by atomic mass is 35.5. The van der Waals surface area contributed by atoms with E-state index in [0.717, 1.165) is 23.4 Å². The van der Waals surface area contributed by atoms with Crippen molar-refractivity contribution in [1.82, 2.24) is 5.32 Å². The number of phenolic OH excluding ortho intramolecular Hbond substituents is 1. The number of halogens is 1. The molecule has 2 atom stereocenters. The van der Waals surface area contributed by atoms with Crippen molar-refractivity contribution in [2.24, 2.45) is 0 Å². The maximum Gasteiger partial charge on any atom is 0.119 e. The van der Waals surface area contributed by atoms with Crippen molar-refractivity contribution in [2.45, 2.75) is 31.8 Å². The molecule has 2 aromatic carbocycles. The van der Waals surface area contributed by atoms with Gasteiger partial charge in [0.05, 0.1) is 0 Å². The lowest BCUT2D eigenvalue weighted by atomic mass is 10.0. The van der Waals surface area contributed by atoms with Crippen molar-refractivity contribution >= 4 is 11.6 Å². The van der Waals surface area contributed by atoms with Gasteiger partial charge in [-0.2, -0.15) is 0 Å². The first-order valence-corrected chi connectivity index (χ1v) is 7.35. The fraction of sp³-hybridized carbons (Fsp3) is 0.294. The average molecular weight is 288 g/mol. The Labute approximate surface area is 124 Å². The Bertz CT molecular complexity index is 626. The largest absolute Gasteiger partial charge is 0.508 e. The van der Waals surface area contributed by atoms with E-state index in [1.165, 1.54) is 11.1 Å². The predicted molar refractivity (Wildman–Crippen MR) is 82.2 cm³/mol. The first kappa shape index (κ1) is 13.5. The minimum absolute atomic E-state index is 0.229. The summed E-state index contributed by atoms with van der Waals surface area (Å²) in [6.45, 7) is 2.15. The lowest BCUT2D eigenvalue weighted by Crippen LogP contribution is -2.22. The van der Waals surface area contributed by atoms with E-state index < -0.39 is 0 Å². The van der Waals surface area contributed by atoms with Gasteiger partial charge in [-0.1, -0.05) is 35.9 Å². The second kappa shape index (κ2) is 5.47. The predicted octanol–water partition coefficient (Wildman–Crippen LogP) is 4.38. The molecule has 0 fully saturated rings. The monoisotopic (exact) mass is 287 g/mol. The Balaban J connectivity index is 1.79. The Morgan fingerprint density at radius 1 is 1.25 bits per heavy atom. The summed E-state index contributed by atoms with van der Waals surface area (Å²) in [5.41, 5.74) is 3.49. The van der Waals surface area contributed by atoms with Crippen LogP contribution in [-0.4, -0.2) is 5.11 Å². The molecule has 0 amide bonds. The molecule has 0 bridgehead atoms. The lowest BCUT2D eigenvalue weighted by molar-refractivity contribution is 0.465. The number of phenols is 1. The van der Waals surface area contributed by atoms with E-state index >= 15 is 0 Å². The van der Waals surface area contributed by atoms with Gasteiger partial charge in [0.25, 0.3) is 0 Å². The van der Waals surface area contributed by atoms with Crippen LogP contribution in [0.5, 0.6) is 5.75 Å². The average Bonchev–Trinajstić information content (AvgIpc) is 2.83. The molecule has 0 spiro atoms. The molecule has 104 valence electrons. The standard InChI is InChI=1S/C17H18ClNO/c1-11(12-4-2-5-13(18)10-12)19-16-9-8-15-14(16)6-3-7-17(15)20/h2-7,10-11,16,19-20H,8-9H2,1H3. The fourth-order valence-electron chi connectivity index (χ4n) is 2.98. The van der Waals surface area contributed by atoms with Crippen LogP contribution >= 0.6 is 11.6 Å². The zero-order chi connectivity index (χ0) is 14.1. The second-order valence-electron chi connectivity index (χ2n) is 5.38. The molecule has 0 radical (unpaired) electrons. The van der Waals surface area contributed by atoms with Gasteiger partial charge in [0.1, 0.15) is 5.75 Å². The van der Waals surface area contributed by atoms with Gasteiger partial charge in [0.2, 0.25) is 0 Å². The highest BCUT2D eigenvalue weighted by molar-refractivity contribution is 6.30. The zero-order valence-corrected chi connectivity index (χ0v) is 12.2. The summed E-state index contributed by atoms with van der Waals surface area (Å²) >= 11 is 6.05. The van der Waals surface area contributed by atoms with E-state index in [0.29, 0.717) is 11.8 Å². The Morgan fingerprint density at radius 3 is 2.85 bits per heavy atom. The first-order valence-electron chi connectivity index (χ1n) is 6.97. The van der Waals surface area contributed by atoms with Crippen LogP contribution < -0.4 is 5.32 Å². The lowest BCUT2D eigenvalue weighted by Gasteiger charge is -2.21. The van der Waals surface area contributed by atoms with Crippen LogP contribution in [0.25, 0.3) is 0 Å². The number of fused-ring (bicyclic) bond motifs is 1. The molecular formula is C17H18ClNO. The minimum Gasteiger partial charge on any atom is -0.508 e. The number of hydrogen-bond acceptors (Lipinski definition) is 2. The third-order valence-electron chi connectivity index (χ3n) is 4.05. The van der Waals surface area contributed by atoms with E-state index in [1.54, 1.807) is 6.07 Å². The van der Waals surface area contributed by atoms with Crippen molar-refractivity contribution in [3.05, 3.63) is 64.2 Å². The van der Waals surface area contributed by atoms with Crippen LogP contribution in [0.3, 0.4) is 0 Å². The van der Waals surface area contributed by atoms with Gasteiger partial charge in [-0.05, 0) is 54.7 Å². The summed E-state index contributed by atoms with van der Waals surface area (Å²) in [7, 11) is 0. The number of nitrogens with one attached hydrogen (secondary N) is 1. The molecule has 1 aliphatic rings. The Hall–Kier alpha value is -1.51. The van der Waals surface area contributed by atoms with Gasteiger partial charge in [-0.15, -0.1) is 0 Å². The SMILES string of the molecule is CC(NC1CCc2c(O)cccc21)c1cccc(Cl)c1. The van der Waals surface area contributed by atoms with Crippen LogP contribution in [0, 0.1) is 0 Å². The molecule has 3 rings (SSSR count). The van der Waals surface area contributed by atoms with E-state index in [9.17, 15) is 5.11 Å². The second-order valence-corrected chi connectivity index (χ2v) is 5.82. The van der Waals surface area contributed by atoms with Gasteiger partial charge in [0, 0.05) is 17.1 Å². The molecule has 2 N–H and O–H groups in total. The number of rotatable bonds is 3. The van der Waals surface area contributed by atoms with E-state index in [1.807, 2.05) is 24.3 Å². The molecule has 3 heteroatoms. The smallest absolute Gasteiger partial charge is 0.119 e. The quantitative estimate of drug-likeness (QED) is 0.878. The summed E-state index contributed by atoms with van der Waals surface area (Å²) in [5.74, 6) is 0.419. The van der Waals surface area contributed by atoms with Crippen LogP contribution in [0.1, 0.15) is 42.1 Å². The maximum absolute atomic E-state index is 9.89. The van der Waals surface area contributed by atoms with Crippen molar-refractivity contribution in [3.63, 3.8) is 0 Å². The molecule has 0 saturated carbocycles. The Morgan fingerprint density at radius 2 is 2.05 bits per heavy atom. The van der Waals surface area contributed by atoms with Crippen LogP contribution in [0.2, 0.25) is 5.02 Å². The molecule has 2 nitrogen and oxygen atoms in total. The summed E-state index contributed by atoms with van der Waals surface area (Å²) < 4.78 is 0. The molecule has 1 aliphatic carbocycles. The highest BCUT2D eigenvalue weighted by Gasteiger charge is 2.25. The summed E-state index contributed by atoms with van der Waals surface area (Å²) in [6, 6.07) is 14.3. The topological polar surface area (TPSA) is 32.3 Å². The number of benzene rings is 2. The van der Waals surface area contributed by atoms with Crippen LogP contribution in [-0.2, 0) is 6.42 Å². The van der Waals surface area contributed by atoms with E-state index in [4.69, 9.17) is 11.6 Å². The van der Waals surface area contributed by atoms with Gasteiger partial charge < -0.3 is 10.4 Å². The van der Waals surface area contributed by atoms with E-state index in [2.05, 4.69) is 24.4 Å². The molecule has 0 aromatic heterocycles. The van der Waals surface area contributed by atoms with Crippen molar-refractivity contribution in [1.29, 1.82) is 0 Å². The van der Waals surface area contributed by atoms with E-state index in [-0.39, 0.29) is 6.04 Å². The van der Waals surface area contributed by atoms with Crippen LogP contribution in [0.15, 0.2) is 42.5 Å². The third-order valence-corrected chi connectivity index (χ3v) is 4.28. The molecule has 0 saturated heterocycles. The normalized spacial score (nSPS) is 18.8. The fourth-order valence-corrected chi connectivity index (χ4v) is 3.18. The zero-order valence-electron chi connectivity index (χ0n) is 11.4. The molecule has 0 aliphatic heterocycles. The highest BCUT2D eigenvalue weighted by Crippen LogP contribution is 2.37. The van der Waals surface area contributed by atoms with Gasteiger partial charge in [0.15, 0.2) is 0 Å². The molecule has 2 unspecified atom stereocenters. The van der Waals surface area contributed by atoms with Crippen LogP contribution in [0.4, 0.5) is 0 Å². The van der Waals surface area contributed by atoms with Gasteiger partial charge in [-0.3, -0.25) is 0 Å². The molecule has 20 heavy (non-hydrogen) atoms. The summed E-state index contributed by atoms with van der Waals surface area (Å²) in [5, 5.41) is 14.3. The molecule has 0 heterocycles. The number of aromatic hydroxyl groups is 1. The number of hydrogen-bond donors (Lipinski definition) is 2. The van der Waals surface area contributed by atoms with Crippen molar-refractivity contribution in [2.75, 3.05) is 0 Å². The van der Waals surface area contributed by atoms with Crippen molar-refractivity contribution in [3.8, 4) is 5.75 Å². The van der Waals surface area contributed by atoms with Gasteiger partial charge >= 0.3 is 0 Å². The maximum atomic E-state index is 9.89. The summed E-state index contributed by atoms with van der Waals surface area (Å²) in [4.78, 5) is 0. The minimum atomic E-state index is 0.229. The van der Waals surface area contributed by atoms with Crippen molar-refractivity contribution < 1.29 is 5.11 Å². The first-order chi connectivity index (χ1) is 9.65. The van der Waals surface area contributed by atoms with Gasteiger partial charge in [-0.25, -0.2) is 0 Å². The molecular weight excluding hydrogens is 270 g/mol. The summed E-state index contributed by atoms with van der Waals surface area (Å²) in [6.07, 6.45) is 1.96. The Kier molecular flexibility index (Phi) is 3.68.